The molecule has 1 saturated heterocycles. The van der Waals surface area contributed by atoms with E-state index in [1.54, 1.807) is 0 Å². The summed E-state index contributed by atoms with van der Waals surface area (Å²) in [6.45, 7) is 2.07. The SMILES string of the molecule is NC1CCCCN(c2ccc(Cl)cc2)C1. The third-order valence-corrected chi connectivity index (χ3v) is 3.15. The first-order valence-corrected chi connectivity index (χ1v) is 5.89. The lowest BCUT2D eigenvalue weighted by molar-refractivity contribution is 0.621. The highest BCUT2D eigenvalue weighted by Gasteiger charge is 2.14. The molecule has 82 valence electrons. The molecule has 15 heavy (non-hydrogen) atoms. The van der Waals surface area contributed by atoms with Crippen LogP contribution in [0, 0.1) is 0 Å². The fraction of sp³-hybridized carbons (Fsp3) is 0.500. The lowest BCUT2D eigenvalue weighted by Crippen LogP contribution is -2.35. The third kappa shape index (κ3) is 2.86. The summed E-state index contributed by atoms with van der Waals surface area (Å²) in [6, 6.07) is 8.32. The topological polar surface area (TPSA) is 29.3 Å². The Morgan fingerprint density at radius 1 is 1.20 bits per heavy atom. The van der Waals surface area contributed by atoms with Gasteiger partial charge in [-0.2, -0.15) is 0 Å². The van der Waals surface area contributed by atoms with Crippen molar-refractivity contribution >= 4 is 17.3 Å². The standard InChI is InChI=1S/C12H17ClN2/c13-10-4-6-12(7-5-10)15-8-2-1-3-11(14)9-15/h4-7,11H,1-3,8-9,14H2. The lowest BCUT2D eigenvalue weighted by atomic mass is 10.1. The van der Waals surface area contributed by atoms with Crippen molar-refractivity contribution in [1.29, 1.82) is 0 Å². The van der Waals surface area contributed by atoms with Crippen LogP contribution in [0.3, 0.4) is 0 Å². The molecule has 0 bridgehead atoms. The number of anilines is 1. The van der Waals surface area contributed by atoms with Crippen LogP contribution >= 0.6 is 11.6 Å². The van der Waals surface area contributed by atoms with Crippen molar-refractivity contribution < 1.29 is 0 Å². The molecular weight excluding hydrogens is 208 g/mol. The molecular formula is C12H17ClN2. The van der Waals surface area contributed by atoms with Gasteiger partial charge in [0.1, 0.15) is 0 Å². The molecule has 1 aromatic rings. The number of benzene rings is 1. The molecule has 3 heteroatoms. The fourth-order valence-electron chi connectivity index (χ4n) is 2.06. The summed E-state index contributed by atoms with van der Waals surface area (Å²) < 4.78 is 0. The minimum absolute atomic E-state index is 0.308. The molecule has 0 spiro atoms. The molecule has 1 fully saturated rings. The zero-order valence-corrected chi connectivity index (χ0v) is 9.58. The van der Waals surface area contributed by atoms with E-state index in [9.17, 15) is 0 Å². The van der Waals surface area contributed by atoms with Gasteiger partial charge in [-0.15, -0.1) is 0 Å². The molecule has 1 heterocycles. The quantitative estimate of drug-likeness (QED) is 0.795. The monoisotopic (exact) mass is 224 g/mol. The number of nitrogens with two attached hydrogens (primary N) is 1. The van der Waals surface area contributed by atoms with Gasteiger partial charge >= 0.3 is 0 Å². The van der Waals surface area contributed by atoms with Crippen molar-refractivity contribution in [1.82, 2.24) is 0 Å². The zero-order chi connectivity index (χ0) is 10.7. The van der Waals surface area contributed by atoms with Crippen LogP contribution in [-0.2, 0) is 0 Å². The molecule has 1 atom stereocenters. The Morgan fingerprint density at radius 3 is 2.67 bits per heavy atom. The molecule has 1 aliphatic heterocycles. The summed E-state index contributed by atoms with van der Waals surface area (Å²) in [5, 5.41) is 0.790. The zero-order valence-electron chi connectivity index (χ0n) is 8.82. The molecule has 0 aliphatic carbocycles. The smallest absolute Gasteiger partial charge is 0.0407 e. The van der Waals surface area contributed by atoms with Gasteiger partial charge in [-0.05, 0) is 37.1 Å². The normalized spacial score (nSPS) is 22.5. The molecule has 0 amide bonds. The van der Waals surface area contributed by atoms with E-state index in [4.69, 9.17) is 17.3 Å². The number of rotatable bonds is 1. The van der Waals surface area contributed by atoms with E-state index >= 15 is 0 Å². The van der Waals surface area contributed by atoms with E-state index in [2.05, 4.69) is 17.0 Å². The number of nitrogens with zero attached hydrogens (tertiary/aromatic N) is 1. The predicted octanol–water partition coefficient (Wildman–Crippen LogP) is 2.66. The Kier molecular flexibility index (Phi) is 3.49. The van der Waals surface area contributed by atoms with Crippen molar-refractivity contribution in [3.05, 3.63) is 29.3 Å². The van der Waals surface area contributed by atoms with Gasteiger partial charge in [-0.25, -0.2) is 0 Å². The van der Waals surface area contributed by atoms with Crippen LogP contribution in [0.5, 0.6) is 0 Å². The second kappa shape index (κ2) is 4.86. The number of halogens is 1. The highest BCUT2D eigenvalue weighted by molar-refractivity contribution is 6.30. The van der Waals surface area contributed by atoms with Gasteiger partial charge < -0.3 is 10.6 Å². The van der Waals surface area contributed by atoms with Gasteiger partial charge in [-0.3, -0.25) is 0 Å². The maximum absolute atomic E-state index is 6.02. The number of hydrogen-bond acceptors (Lipinski definition) is 2. The summed E-state index contributed by atoms with van der Waals surface area (Å²) in [6.07, 6.45) is 3.62. The maximum atomic E-state index is 6.02. The van der Waals surface area contributed by atoms with Gasteiger partial charge in [0.15, 0.2) is 0 Å². The Hall–Kier alpha value is -0.730. The summed E-state index contributed by atoms with van der Waals surface area (Å²) in [5.74, 6) is 0. The molecule has 0 radical (unpaired) electrons. The van der Waals surface area contributed by atoms with Crippen LogP contribution in [0.25, 0.3) is 0 Å². The molecule has 2 nitrogen and oxygen atoms in total. The van der Waals surface area contributed by atoms with Crippen LogP contribution in [0.4, 0.5) is 5.69 Å². The van der Waals surface area contributed by atoms with Crippen molar-refractivity contribution in [3.8, 4) is 0 Å². The molecule has 2 rings (SSSR count). The number of hydrogen-bond donors (Lipinski definition) is 1. The summed E-state index contributed by atoms with van der Waals surface area (Å²) in [4.78, 5) is 2.36. The van der Waals surface area contributed by atoms with E-state index in [-0.39, 0.29) is 0 Å². The maximum Gasteiger partial charge on any atom is 0.0407 e. The van der Waals surface area contributed by atoms with Crippen molar-refractivity contribution in [2.45, 2.75) is 25.3 Å². The second-order valence-electron chi connectivity index (χ2n) is 4.18. The Morgan fingerprint density at radius 2 is 1.93 bits per heavy atom. The van der Waals surface area contributed by atoms with Crippen LogP contribution in [0.15, 0.2) is 24.3 Å². The first-order valence-electron chi connectivity index (χ1n) is 5.52. The van der Waals surface area contributed by atoms with E-state index < -0.39 is 0 Å². The minimum Gasteiger partial charge on any atom is -0.370 e. The van der Waals surface area contributed by atoms with Crippen molar-refractivity contribution in [2.24, 2.45) is 5.73 Å². The van der Waals surface area contributed by atoms with E-state index in [0.29, 0.717) is 6.04 Å². The van der Waals surface area contributed by atoms with Crippen LogP contribution in [0.2, 0.25) is 5.02 Å². The fourth-order valence-corrected chi connectivity index (χ4v) is 2.19. The molecule has 0 aromatic heterocycles. The Balaban J connectivity index is 2.11. The van der Waals surface area contributed by atoms with E-state index in [0.717, 1.165) is 24.5 Å². The van der Waals surface area contributed by atoms with Crippen molar-refractivity contribution in [2.75, 3.05) is 18.0 Å². The second-order valence-corrected chi connectivity index (χ2v) is 4.61. The van der Waals surface area contributed by atoms with Gasteiger partial charge in [0.05, 0.1) is 0 Å². The minimum atomic E-state index is 0.308. The molecule has 1 unspecified atom stereocenters. The Bertz CT molecular complexity index is 310. The van der Waals surface area contributed by atoms with Crippen LogP contribution in [0.1, 0.15) is 19.3 Å². The van der Waals surface area contributed by atoms with E-state index in [1.165, 1.54) is 18.5 Å². The summed E-state index contributed by atoms with van der Waals surface area (Å²) in [5.41, 5.74) is 7.26. The van der Waals surface area contributed by atoms with Crippen LogP contribution in [-0.4, -0.2) is 19.1 Å². The third-order valence-electron chi connectivity index (χ3n) is 2.90. The average molecular weight is 225 g/mol. The van der Waals surface area contributed by atoms with Gasteiger partial charge in [0.2, 0.25) is 0 Å². The lowest BCUT2D eigenvalue weighted by Gasteiger charge is -2.24. The van der Waals surface area contributed by atoms with Gasteiger partial charge in [0, 0.05) is 29.8 Å². The average Bonchev–Trinajstić information content (AvgIpc) is 2.44. The molecule has 1 aliphatic rings. The highest BCUT2D eigenvalue weighted by Crippen LogP contribution is 2.21. The van der Waals surface area contributed by atoms with Gasteiger partial charge in [-0.1, -0.05) is 18.0 Å². The van der Waals surface area contributed by atoms with Crippen molar-refractivity contribution in [3.63, 3.8) is 0 Å². The summed E-state index contributed by atoms with van der Waals surface area (Å²) >= 11 is 5.87. The molecule has 0 saturated carbocycles. The predicted molar refractivity (Wildman–Crippen MR) is 65.5 cm³/mol. The highest BCUT2D eigenvalue weighted by atomic mass is 35.5. The molecule has 2 N–H and O–H groups in total. The van der Waals surface area contributed by atoms with Gasteiger partial charge in [0.25, 0.3) is 0 Å². The first kappa shape index (κ1) is 10.8. The molecule has 1 aromatic carbocycles. The first-order chi connectivity index (χ1) is 7.25. The van der Waals surface area contributed by atoms with Crippen LogP contribution < -0.4 is 10.6 Å². The summed E-state index contributed by atoms with van der Waals surface area (Å²) in [7, 11) is 0. The van der Waals surface area contributed by atoms with E-state index in [1.807, 2.05) is 12.1 Å². The Labute approximate surface area is 96.0 Å². The largest absolute Gasteiger partial charge is 0.370 e.